The SMILES string of the molecule is CN1CC(F)(F)CC1CO. The topological polar surface area (TPSA) is 23.5 Å². The van der Waals surface area contributed by atoms with Crippen LogP contribution in [0.3, 0.4) is 0 Å². The molecule has 2 nitrogen and oxygen atoms in total. The fraction of sp³-hybridized carbons (Fsp3) is 1.00. The van der Waals surface area contributed by atoms with Crippen molar-refractivity contribution in [3.05, 3.63) is 0 Å². The maximum Gasteiger partial charge on any atom is 0.262 e. The smallest absolute Gasteiger partial charge is 0.262 e. The van der Waals surface area contributed by atoms with Gasteiger partial charge < -0.3 is 5.11 Å². The van der Waals surface area contributed by atoms with Crippen LogP contribution in [0.15, 0.2) is 0 Å². The number of aliphatic hydroxyl groups excluding tert-OH is 1. The van der Waals surface area contributed by atoms with Gasteiger partial charge in [-0.15, -0.1) is 0 Å². The Morgan fingerprint density at radius 1 is 1.70 bits per heavy atom. The largest absolute Gasteiger partial charge is 0.395 e. The first kappa shape index (κ1) is 7.88. The van der Waals surface area contributed by atoms with Gasteiger partial charge in [0.2, 0.25) is 0 Å². The minimum Gasteiger partial charge on any atom is -0.395 e. The van der Waals surface area contributed by atoms with E-state index in [1.807, 2.05) is 0 Å². The molecule has 0 bridgehead atoms. The molecule has 1 unspecified atom stereocenters. The molecular weight excluding hydrogens is 140 g/mol. The zero-order chi connectivity index (χ0) is 7.78. The van der Waals surface area contributed by atoms with Crippen LogP contribution in [0.1, 0.15) is 6.42 Å². The van der Waals surface area contributed by atoms with E-state index in [4.69, 9.17) is 5.11 Å². The summed E-state index contributed by atoms with van der Waals surface area (Å²) in [6.45, 7) is -0.398. The van der Waals surface area contributed by atoms with Crippen molar-refractivity contribution in [1.82, 2.24) is 4.90 Å². The average Bonchev–Trinajstić information content (AvgIpc) is 2.05. The molecule has 4 heteroatoms. The van der Waals surface area contributed by atoms with E-state index >= 15 is 0 Å². The van der Waals surface area contributed by atoms with Gasteiger partial charge in [0.25, 0.3) is 5.92 Å². The molecular formula is C6H11F2NO. The highest BCUT2D eigenvalue weighted by Gasteiger charge is 2.42. The van der Waals surface area contributed by atoms with Crippen molar-refractivity contribution in [2.45, 2.75) is 18.4 Å². The monoisotopic (exact) mass is 151 g/mol. The van der Waals surface area contributed by atoms with Crippen LogP contribution in [-0.4, -0.2) is 42.2 Å². The Morgan fingerprint density at radius 3 is 2.50 bits per heavy atom. The Morgan fingerprint density at radius 2 is 2.30 bits per heavy atom. The molecule has 0 amide bonds. The maximum absolute atomic E-state index is 12.5. The van der Waals surface area contributed by atoms with Gasteiger partial charge in [-0.2, -0.15) is 0 Å². The number of alkyl halides is 2. The number of hydrogen-bond acceptors (Lipinski definition) is 2. The third kappa shape index (κ3) is 1.44. The van der Waals surface area contributed by atoms with E-state index < -0.39 is 5.92 Å². The van der Waals surface area contributed by atoms with Crippen LogP contribution in [0.25, 0.3) is 0 Å². The van der Waals surface area contributed by atoms with Crippen molar-refractivity contribution < 1.29 is 13.9 Å². The fourth-order valence-corrected chi connectivity index (χ4v) is 1.26. The fourth-order valence-electron chi connectivity index (χ4n) is 1.26. The zero-order valence-electron chi connectivity index (χ0n) is 5.85. The van der Waals surface area contributed by atoms with Crippen molar-refractivity contribution in [2.24, 2.45) is 0 Å². The lowest BCUT2D eigenvalue weighted by Gasteiger charge is -2.14. The number of nitrogens with zero attached hydrogens (tertiary/aromatic N) is 1. The van der Waals surface area contributed by atoms with Gasteiger partial charge in [-0.05, 0) is 7.05 Å². The molecule has 0 aromatic rings. The molecule has 1 heterocycles. The lowest BCUT2D eigenvalue weighted by atomic mass is 10.2. The van der Waals surface area contributed by atoms with Crippen LogP contribution in [0.4, 0.5) is 8.78 Å². The van der Waals surface area contributed by atoms with Crippen LogP contribution in [0.5, 0.6) is 0 Å². The summed E-state index contributed by atoms with van der Waals surface area (Å²) >= 11 is 0. The molecule has 1 aliphatic heterocycles. The van der Waals surface area contributed by atoms with Crippen molar-refractivity contribution in [2.75, 3.05) is 20.2 Å². The van der Waals surface area contributed by atoms with Crippen LogP contribution < -0.4 is 0 Å². The van der Waals surface area contributed by atoms with E-state index in [9.17, 15) is 8.78 Å². The summed E-state index contributed by atoms with van der Waals surface area (Å²) in [5, 5.41) is 8.59. The Kier molecular flexibility index (Phi) is 1.92. The highest BCUT2D eigenvalue weighted by Crippen LogP contribution is 2.30. The van der Waals surface area contributed by atoms with E-state index in [-0.39, 0.29) is 25.6 Å². The van der Waals surface area contributed by atoms with Crippen molar-refractivity contribution in [1.29, 1.82) is 0 Å². The third-order valence-corrected chi connectivity index (χ3v) is 1.85. The predicted octanol–water partition coefficient (Wildman–Crippen LogP) is 0.318. The molecule has 10 heavy (non-hydrogen) atoms. The Bertz CT molecular complexity index is 129. The number of likely N-dealkylation sites (tertiary alicyclic amines) is 1. The van der Waals surface area contributed by atoms with E-state index in [0.29, 0.717) is 0 Å². The molecule has 0 spiro atoms. The van der Waals surface area contributed by atoms with Gasteiger partial charge in [-0.1, -0.05) is 0 Å². The van der Waals surface area contributed by atoms with E-state index in [1.54, 1.807) is 7.05 Å². The molecule has 1 N–H and O–H groups in total. The molecule has 1 aliphatic rings. The summed E-state index contributed by atoms with van der Waals surface area (Å²) in [6, 6.07) is -0.352. The average molecular weight is 151 g/mol. The number of aliphatic hydroxyl groups is 1. The van der Waals surface area contributed by atoms with Gasteiger partial charge >= 0.3 is 0 Å². The molecule has 1 fully saturated rings. The van der Waals surface area contributed by atoms with E-state index in [2.05, 4.69) is 0 Å². The lowest BCUT2D eigenvalue weighted by Crippen LogP contribution is -2.28. The van der Waals surface area contributed by atoms with Crippen LogP contribution in [-0.2, 0) is 0 Å². The molecule has 1 rings (SSSR count). The van der Waals surface area contributed by atoms with Crippen LogP contribution in [0.2, 0.25) is 0 Å². The Hall–Kier alpha value is -0.220. The van der Waals surface area contributed by atoms with Gasteiger partial charge in [0.05, 0.1) is 13.2 Å². The summed E-state index contributed by atoms with van der Waals surface area (Å²) in [5.74, 6) is -2.60. The van der Waals surface area contributed by atoms with Gasteiger partial charge in [-0.25, -0.2) is 8.78 Å². The third-order valence-electron chi connectivity index (χ3n) is 1.85. The summed E-state index contributed by atoms with van der Waals surface area (Å²) in [6.07, 6.45) is -0.208. The molecule has 0 radical (unpaired) electrons. The minimum absolute atomic E-state index is 0.175. The number of hydrogen-bond donors (Lipinski definition) is 1. The molecule has 0 aromatic carbocycles. The van der Waals surface area contributed by atoms with Gasteiger partial charge in [0.1, 0.15) is 0 Å². The summed E-state index contributed by atoms with van der Waals surface area (Å²) in [4.78, 5) is 1.49. The zero-order valence-corrected chi connectivity index (χ0v) is 5.85. The number of likely N-dealkylation sites (N-methyl/N-ethyl adjacent to an activating group) is 1. The second kappa shape index (κ2) is 2.43. The molecule has 60 valence electrons. The highest BCUT2D eigenvalue weighted by molar-refractivity contribution is 4.87. The first-order valence-electron chi connectivity index (χ1n) is 3.24. The quantitative estimate of drug-likeness (QED) is 0.583. The standard InChI is InChI=1S/C6H11F2NO/c1-9-4-6(7,8)2-5(9)3-10/h5,10H,2-4H2,1H3. The van der Waals surface area contributed by atoms with Crippen LogP contribution in [0, 0.1) is 0 Å². The first-order chi connectivity index (χ1) is 4.55. The Labute approximate surface area is 58.4 Å². The molecule has 0 aliphatic carbocycles. The Balaban J connectivity index is 2.52. The number of rotatable bonds is 1. The van der Waals surface area contributed by atoms with Crippen molar-refractivity contribution in [3.63, 3.8) is 0 Å². The predicted molar refractivity (Wildman–Crippen MR) is 33.1 cm³/mol. The van der Waals surface area contributed by atoms with Crippen molar-refractivity contribution in [3.8, 4) is 0 Å². The molecule has 0 aromatic heterocycles. The molecule has 1 atom stereocenters. The van der Waals surface area contributed by atoms with Crippen LogP contribution >= 0.6 is 0 Å². The highest BCUT2D eigenvalue weighted by atomic mass is 19.3. The summed E-state index contributed by atoms with van der Waals surface area (Å²) in [7, 11) is 1.60. The number of halogens is 2. The first-order valence-corrected chi connectivity index (χ1v) is 3.24. The summed E-state index contributed by atoms with van der Waals surface area (Å²) < 4.78 is 25.0. The van der Waals surface area contributed by atoms with Gasteiger partial charge in [0.15, 0.2) is 0 Å². The second-order valence-electron chi connectivity index (χ2n) is 2.81. The molecule has 0 saturated carbocycles. The maximum atomic E-state index is 12.5. The van der Waals surface area contributed by atoms with Crippen molar-refractivity contribution >= 4 is 0 Å². The van der Waals surface area contributed by atoms with Gasteiger partial charge in [-0.3, -0.25) is 4.90 Å². The minimum atomic E-state index is -2.60. The van der Waals surface area contributed by atoms with E-state index in [1.165, 1.54) is 4.90 Å². The summed E-state index contributed by atoms with van der Waals surface area (Å²) in [5.41, 5.74) is 0. The second-order valence-corrected chi connectivity index (χ2v) is 2.81. The van der Waals surface area contributed by atoms with E-state index in [0.717, 1.165) is 0 Å². The van der Waals surface area contributed by atoms with Gasteiger partial charge in [0, 0.05) is 12.5 Å². The normalized spacial score (nSPS) is 33.0. The lowest BCUT2D eigenvalue weighted by molar-refractivity contribution is 0.0136. The molecule has 1 saturated heterocycles.